The van der Waals surface area contributed by atoms with Gasteiger partial charge in [-0.05, 0) is 37.3 Å². The van der Waals surface area contributed by atoms with E-state index in [2.05, 4.69) is 5.32 Å². The van der Waals surface area contributed by atoms with Gasteiger partial charge in [0.15, 0.2) is 5.82 Å². The fourth-order valence-electron chi connectivity index (χ4n) is 1.76. The highest BCUT2D eigenvalue weighted by Gasteiger charge is 2.11. The van der Waals surface area contributed by atoms with Crippen LogP contribution in [0.4, 0.5) is 21.5 Å². The molecule has 0 aliphatic carbocycles. The number of rotatable bonds is 4. The van der Waals surface area contributed by atoms with E-state index >= 15 is 0 Å². The molecule has 2 aromatic carbocycles. The topological polar surface area (TPSA) is 64.3 Å². The summed E-state index contributed by atoms with van der Waals surface area (Å²) in [5, 5.41) is 2.86. The van der Waals surface area contributed by atoms with Crippen LogP contribution < -0.4 is 11.1 Å². The van der Waals surface area contributed by atoms with Crippen LogP contribution in [0.2, 0.25) is 5.02 Å². The molecule has 4 nitrogen and oxygen atoms in total. The van der Waals surface area contributed by atoms with Crippen molar-refractivity contribution in [1.82, 2.24) is 0 Å². The molecule has 0 radical (unpaired) electrons. The number of hydrogen-bond acceptors (Lipinski definition) is 4. The van der Waals surface area contributed by atoms with E-state index in [1.807, 2.05) is 0 Å². The van der Waals surface area contributed by atoms with Crippen molar-refractivity contribution < 1.29 is 13.9 Å². The molecule has 0 aliphatic rings. The van der Waals surface area contributed by atoms with E-state index in [0.717, 1.165) is 0 Å². The van der Waals surface area contributed by atoms with Crippen molar-refractivity contribution in [3.8, 4) is 0 Å². The number of carbonyl (C=O) groups excluding carboxylic acids is 1. The number of hydrogen-bond donors (Lipinski definition) is 2. The van der Waals surface area contributed by atoms with Crippen LogP contribution >= 0.6 is 11.6 Å². The van der Waals surface area contributed by atoms with Gasteiger partial charge in [-0.25, -0.2) is 9.18 Å². The number of nitrogen functional groups attached to an aromatic ring is 1. The van der Waals surface area contributed by atoms with Crippen LogP contribution in [0, 0.1) is 5.82 Å². The summed E-state index contributed by atoms with van der Waals surface area (Å²) in [7, 11) is 0. The number of nitrogens with two attached hydrogens (primary N) is 1. The van der Waals surface area contributed by atoms with E-state index in [4.69, 9.17) is 22.1 Å². The SMILES string of the molecule is CCOC(=O)c1ccc(Nc2cccc(Cl)c2F)c(N)c1. The third-order valence-corrected chi connectivity index (χ3v) is 3.08. The van der Waals surface area contributed by atoms with Gasteiger partial charge in [-0.15, -0.1) is 0 Å². The molecule has 0 bridgehead atoms. The smallest absolute Gasteiger partial charge is 0.338 e. The maximum Gasteiger partial charge on any atom is 0.338 e. The third kappa shape index (κ3) is 3.44. The van der Waals surface area contributed by atoms with E-state index < -0.39 is 11.8 Å². The normalized spacial score (nSPS) is 10.2. The molecule has 0 spiro atoms. The average molecular weight is 309 g/mol. The maximum absolute atomic E-state index is 13.8. The van der Waals surface area contributed by atoms with Crippen molar-refractivity contribution in [1.29, 1.82) is 0 Å². The van der Waals surface area contributed by atoms with Crippen molar-refractivity contribution in [2.24, 2.45) is 0 Å². The summed E-state index contributed by atoms with van der Waals surface area (Å²) in [5.74, 6) is -1.02. The van der Waals surface area contributed by atoms with E-state index in [1.165, 1.54) is 12.1 Å². The molecular weight excluding hydrogens is 295 g/mol. The van der Waals surface area contributed by atoms with Crippen LogP contribution in [-0.4, -0.2) is 12.6 Å². The minimum atomic E-state index is -0.562. The Labute approximate surface area is 126 Å². The average Bonchev–Trinajstić information content (AvgIpc) is 2.46. The summed E-state index contributed by atoms with van der Waals surface area (Å²) >= 11 is 5.71. The second-order valence-corrected chi connectivity index (χ2v) is 4.66. The molecule has 0 unspecified atom stereocenters. The van der Waals surface area contributed by atoms with Gasteiger partial charge in [-0.3, -0.25) is 0 Å². The fraction of sp³-hybridized carbons (Fsp3) is 0.133. The molecule has 0 saturated carbocycles. The standard InChI is InChI=1S/C15H14ClFN2O2/c1-2-21-15(20)9-6-7-12(11(18)8-9)19-13-5-3-4-10(16)14(13)17/h3-8,19H,2,18H2,1H3. The Balaban J connectivity index is 2.25. The fourth-order valence-corrected chi connectivity index (χ4v) is 1.94. The Morgan fingerprint density at radius 2 is 2.10 bits per heavy atom. The first-order valence-electron chi connectivity index (χ1n) is 6.30. The molecular formula is C15H14ClFN2O2. The van der Waals surface area contributed by atoms with E-state index in [-0.39, 0.29) is 17.3 Å². The number of nitrogens with one attached hydrogen (secondary N) is 1. The van der Waals surface area contributed by atoms with E-state index in [9.17, 15) is 9.18 Å². The Morgan fingerprint density at radius 1 is 1.33 bits per heavy atom. The van der Waals surface area contributed by atoms with Gasteiger partial charge in [0.1, 0.15) is 0 Å². The highest BCUT2D eigenvalue weighted by atomic mass is 35.5. The summed E-state index contributed by atoms with van der Waals surface area (Å²) in [6.45, 7) is 2.01. The molecule has 2 aromatic rings. The Hall–Kier alpha value is -2.27. The number of carbonyl (C=O) groups is 1. The van der Waals surface area contributed by atoms with Crippen LogP contribution in [0.5, 0.6) is 0 Å². The maximum atomic E-state index is 13.8. The lowest BCUT2D eigenvalue weighted by Gasteiger charge is -2.12. The van der Waals surface area contributed by atoms with Crippen molar-refractivity contribution >= 4 is 34.6 Å². The zero-order valence-electron chi connectivity index (χ0n) is 11.3. The van der Waals surface area contributed by atoms with Gasteiger partial charge in [0, 0.05) is 0 Å². The second kappa shape index (κ2) is 6.45. The number of benzene rings is 2. The molecule has 3 N–H and O–H groups in total. The van der Waals surface area contributed by atoms with Crippen molar-refractivity contribution in [3.63, 3.8) is 0 Å². The molecule has 2 rings (SSSR count). The van der Waals surface area contributed by atoms with Crippen LogP contribution in [0.3, 0.4) is 0 Å². The first kappa shape index (κ1) is 15.1. The summed E-state index contributed by atoms with van der Waals surface area (Å²) in [6, 6.07) is 9.23. The molecule has 21 heavy (non-hydrogen) atoms. The molecule has 0 amide bonds. The Bertz CT molecular complexity index is 677. The minimum absolute atomic E-state index is 0.0155. The van der Waals surface area contributed by atoms with E-state index in [1.54, 1.807) is 31.2 Å². The molecule has 0 saturated heterocycles. The lowest BCUT2D eigenvalue weighted by molar-refractivity contribution is 0.0526. The monoisotopic (exact) mass is 308 g/mol. The van der Waals surface area contributed by atoms with Crippen molar-refractivity contribution in [3.05, 3.63) is 52.8 Å². The Morgan fingerprint density at radius 3 is 2.76 bits per heavy atom. The highest BCUT2D eigenvalue weighted by molar-refractivity contribution is 6.31. The zero-order valence-corrected chi connectivity index (χ0v) is 12.1. The number of ether oxygens (including phenoxy) is 1. The minimum Gasteiger partial charge on any atom is -0.462 e. The lowest BCUT2D eigenvalue weighted by Crippen LogP contribution is -2.06. The third-order valence-electron chi connectivity index (χ3n) is 2.78. The summed E-state index contributed by atoms with van der Waals surface area (Å²) < 4.78 is 18.7. The molecule has 110 valence electrons. The van der Waals surface area contributed by atoms with Gasteiger partial charge in [0.25, 0.3) is 0 Å². The van der Waals surface area contributed by atoms with Gasteiger partial charge in [-0.1, -0.05) is 17.7 Å². The number of halogens is 2. The van der Waals surface area contributed by atoms with Crippen LogP contribution in [0.1, 0.15) is 17.3 Å². The molecule has 0 fully saturated rings. The van der Waals surface area contributed by atoms with Crippen LogP contribution in [0.15, 0.2) is 36.4 Å². The molecule has 0 aromatic heterocycles. The summed E-state index contributed by atoms with van der Waals surface area (Å²) in [6.07, 6.45) is 0. The predicted molar refractivity (Wildman–Crippen MR) is 81.5 cm³/mol. The van der Waals surface area contributed by atoms with Crippen molar-refractivity contribution in [2.75, 3.05) is 17.7 Å². The number of esters is 1. The molecule has 6 heteroatoms. The van der Waals surface area contributed by atoms with Gasteiger partial charge in [-0.2, -0.15) is 0 Å². The lowest BCUT2D eigenvalue weighted by atomic mass is 10.1. The van der Waals surface area contributed by atoms with Crippen molar-refractivity contribution in [2.45, 2.75) is 6.92 Å². The van der Waals surface area contributed by atoms with Gasteiger partial charge in [0.05, 0.1) is 34.3 Å². The van der Waals surface area contributed by atoms with Gasteiger partial charge < -0.3 is 15.8 Å². The molecule has 0 atom stereocenters. The number of anilines is 3. The second-order valence-electron chi connectivity index (χ2n) is 4.25. The summed E-state index contributed by atoms with van der Waals surface area (Å²) in [4.78, 5) is 11.6. The Kier molecular flexibility index (Phi) is 4.65. The summed E-state index contributed by atoms with van der Waals surface area (Å²) in [5.41, 5.74) is 7.19. The largest absolute Gasteiger partial charge is 0.462 e. The highest BCUT2D eigenvalue weighted by Crippen LogP contribution is 2.28. The van der Waals surface area contributed by atoms with Gasteiger partial charge >= 0.3 is 5.97 Å². The molecule has 0 heterocycles. The quantitative estimate of drug-likeness (QED) is 0.662. The first-order chi connectivity index (χ1) is 10.0. The van der Waals surface area contributed by atoms with Crippen LogP contribution in [0.25, 0.3) is 0 Å². The zero-order chi connectivity index (χ0) is 15.4. The van der Waals surface area contributed by atoms with Gasteiger partial charge in [0.2, 0.25) is 0 Å². The molecule has 0 aliphatic heterocycles. The predicted octanol–water partition coefficient (Wildman–Crippen LogP) is 3.98. The first-order valence-corrected chi connectivity index (χ1v) is 6.68. The van der Waals surface area contributed by atoms with Crippen LogP contribution in [-0.2, 0) is 4.74 Å². The van der Waals surface area contributed by atoms with E-state index in [0.29, 0.717) is 16.9 Å².